The van der Waals surface area contributed by atoms with Crippen molar-refractivity contribution < 1.29 is 14.3 Å². The normalized spacial score (nSPS) is 26.8. The highest BCUT2D eigenvalue weighted by molar-refractivity contribution is 5.79. The monoisotopic (exact) mass is 282 g/mol. The lowest BCUT2D eigenvalue weighted by Crippen LogP contribution is -2.43. The summed E-state index contributed by atoms with van der Waals surface area (Å²) >= 11 is 0. The number of amides is 2. The van der Waals surface area contributed by atoms with Crippen molar-refractivity contribution in [3.8, 4) is 0 Å². The van der Waals surface area contributed by atoms with Crippen LogP contribution >= 0.6 is 0 Å². The third-order valence-corrected chi connectivity index (χ3v) is 3.74. The summed E-state index contributed by atoms with van der Waals surface area (Å²) in [5.41, 5.74) is -0.467. The van der Waals surface area contributed by atoms with Crippen LogP contribution in [0.4, 0.5) is 4.79 Å². The topological polar surface area (TPSA) is 67.4 Å². The summed E-state index contributed by atoms with van der Waals surface area (Å²) in [6, 6.07) is 0.565. The number of hydrogen-bond acceptors (Lipinski definition) is 3. The van der Waals surface area contributed by atoms with Crippen LogP contribution in [-0.4, -0.2) is 29.7 Å². The Hall–Kier alpha value is -1.26. The zero-order valence-electron chi connectivity index (χ0n) is 12.7. The zero-order valence-corrected chi connectivity index (χ0v) is 12.7. The van der Waals surface area contributed by atoms with Gasteiger partial charge in [0.15, 0.2) is 0 Å². The molecule has 0 aromatic rings. The van der Waals surface area contributed by atoms with E-state index in [-0.39, 0.29) is 24.0 Å². The predicted octanol–water partition coefficient (Wildman–Crippen LogP) is 2.35. The molecule has 20 heavy (non-hydrogen) atoms. The highest BCUT2D eigenvalue weighted by atomic mass is 16.6. The van der Waals surface area contributed by atoms with E-state index in [2.05, 4.69) is 10.6 Å². The number of carbonyl (C=O) groups is 2. The first-order valence-electron chi connectivity index (χ1n) is 7.63. The maximum Gasteiger partial charge on any atom is 0.407 e. The number of alkyl carbamates (subject to hydrolysis) is 1. The quantitative estimate of drug-likeness (QED) is 0.835. The van der Waals surface area contributed by atoms with Gasteiger partial charge in [0.2, 0.25) is 5.91 Å². The molecule has 5 nitrogen and oxygen atoms in total. The molecule has 0 aromatic heterocycles. The van der Waals surface area contributed by atoms with Crippen LogP contribution in [0.25, 0.3) is 0 Å². The second-order valence-corrected chi connectivity index (χ2v) is 6.98. The summed E-state index contributed by atoms with van der Waals surface area (Å²) in [6.07, 6.45) is 5.29. The zero-order chi connectivity index (χ0) is 14.8. The highest BCUT2D eigenvalue weighted by Gasteiger charge is 2.31. The lowest BCUT2D eigenvalue weighted by Gasteiger charge is -2.29. The Bertz CT molecular complexity index is 364. The van der Waals surface area contributed by atoms with Crippen LogP contribution in [0.15, 0.2) is 0 Å². The number of rotatable bonds is 3. The Morgan fingerprint density at radius 3 is 1.90 bits per heavy atom. The third kappa shape index (κ3) is 5.02. The fourth-order valence-electron chi connectivity index (χ4n) is 2.52. The molecule has 0 heterocycles. The van der Waals surface area contributed by atoms with Gasteiger partial charge in [-0.1, -0.05) is 0 Å². The number of ether oxygens (including phenoxy) is 1. The number of nitrogens with one attached hydrogen (secondary N) is 2. The Balaban J connectivity index is 1.68. The molecule has 2 aliphatic carbocycles. The van der Waals surface area contributed by atoms with Crippen molar-refractivity contribution in [2.75, 3.05) is 0 Å². The second-order valence-electron chi connectivity index (χ2n) is 6.98. The molecular weight excluding hydrogens is 256 g/mol. The predicted molar refractivity (Wildman–Crippen MR) is 76.3 cm³/mol. The fraction of sp³-hybridized carbons (Fsp3) is 0.867. The molecule has 5 heteroatoms. The first-order chi connectivity index (χ1) is 9.33. The minimum atomic E-state index is -0.467. The van der Waals surface area contributed by atoms with E-state index in [0.29, 0.717) is 6.04 Å². The highest BCUT2D eigenvalue weighted by Crippen LogP contribution is 2.26. The maximum absolute atomic E-state index is 11.9. The summed E-state index contributed by atoms with van der Waals surface area (Å²) in [7, 11) is 0. The Morgan fingerprint density at radius 1 is 0.900 bits per heavy atom. The van der Waals surface area contributed by atoms with Crippen LogP contribution in [0.2, 0.25) is 0 Å². The van der Waals surface area contributed by atoms with Gasteiger partial charge in [-0.2, -0.15) is 0 Å². The molecule has 0 aromatic carbocycles. The molecule has 114 valence electrons. The molecule has 0 bridgehead atoms. The standard InChI is InChI=1S/C15H26N2O3/c1-15(2,3)20-14(19)17-12-6-4-10(5-7-12)13(18)16-11-8-9-11/h10-12H,4-9H2,1-3H3,(H,16,18)(H,17,19)/t10-,12-. The molecule has 0 radical (unpaired) electrons. The van der Waals surface area contributed by atoms with Crippen molar-refractivity contribution in [3.63, 3.8) is 0 Å². The summed E-state index contributed by atoms with van der Waals surface area (Å²) in [4.78, 5) is 23.6. The third-order valence-electron chi connectivity index (χ3n) is 3.74. The van der Waals surface area contributed by atoms with E-state index in [1.807, 2.05) is 20.8 Å². The van der Waals surface area contributed by atoms with E-state index in [1.165, 1.54) is 0 Å². The van der Waals surface area contributed by atoms with E-state index in [1.54, 1.807) is 0 Å². The van der Waals surface area contributed by atoms with Crippen molar-refractivity contribution in [2.45, 2.75) is 77.0 Å². The van der Waals surface area contributed by atoms with Crippen molar-refractivity contribution in [2.24, 2.45) is 5.92 Å². The molecule has 0 spiro atoms. The minimum absolute atomic E-state index is 0.118. The van der Waals surface area contributed by atoms with E-state index >= 15 is 0 Å². The number of carbonyl (C=O) groups excluding carboxylic acids is 2. The molecule has 2 aliphatic rings. The molecule has 0 atom stereocenters. The molecule has 0 saturated heterocycles. The molecule has 2 N–H and O–H groups in total. The van der Waals surface area contributed by atoms with Gasteiger partial charge >= 0.3 is 6.09 Å². The van der Waals surface area contributed by atoms with Crippen molar-refractivity contribution in [3.05, 3.63) is 0 Å². The lowest BCUT2D eigenvalue weighted by molar-refractivity contribution is -0.126. The van der Waals surface area contributed by atoms with Gasteiger partial charge in [-0.15, -0.1) is 0 Å². The van der Waals surface area contributed by atoms with E-state index < -0.39 is 5.60 Å². The van der Waals surface area contributed by atoms with E-state index in [9.17, 15) is 9.59 Å². The average molecular weight is 282 g/mol. The maximum atomic E-state index is 11.9. The molecule has 2 rings (SSSR count). The summed E-state index contributed by atoms with van der Waals surface area (Å²) < 4.78 is 5.25. The minimum Gasteiger partial charge on any atom is -0.444 e. The fourth-order valence-corrected chi connectivity index (χ4v) is 2.52. The molecule has 2 amide bonds. The lowest BCUT2D eigenvalue weighted by atomic mass is 9.85. The van der Waals surface area contributed by atoms with Gasteiger partial charge in [0, 0.05) is 18.0 Å². The van der Waals surface area contributed by atoms with Crippen LogP contribution in [0, 0.1) is 5.92 Å². The van der Waals surface area contributed by atoms with Crippen molar-refractivity contribution in [1.29, 1.82) is 0 Å². The van der Waals surface area contributed by atoms with Gasteiger partial charge in [0.05, 0.1) is 0 Å². The van der Waals surface area contributed by atoms with Crippen LogP contribution in [0.5, 0.6) is 0 Å². The molecule has 0 aliphatic heterocycles. The van der Waals surface area contributed by atoms with E-state index in [0.717, 1.165) is 38.5 Å². The van der Waals surface area contributed by atoms with Gasteiger partial charge in [-0.05, 0) is 59.3 Å². The Labute approximate surface area is 120 Å². The first kappa shape index (κ1) is 15.1. The van der Waals surface area contributed by atoms with Gasteiger partial charge < -0.3 is 15.4 Å². The second kappa shape index (κ2) is 6.02. The SMILES string of the molecule is CC(C)(C)OC(=O)N[C@H]1CC[C@H](C(=O)NC2CC2)CC1. The van der Waals surface area contributed by atoms with Crippen LogP contribution in [0.1, 0.15) is 59.3 Å². The van der Waals surface area contributed by atoms with Crippen LogP contribution < -0.4 is 10.6 Å². The summed E-state index contributed by atoms with van der Waals surface area (Å²) in [5.74, 6) is 0.315. The van der Waals surface area contributed by atoms with Crippen molar-refractivity contribution >= 4 is 12.0 Å². The Kier molecular flexibility index (Phi) is 4.55. The molecule has 0 unspecified atom stereocenters. The molecule has 2 saturated carbocycles. The number of hydrogen-bond donors (Lipinski definition) is 2. The van der Waals surface area contributed by atoms with Gasteiger partial charge in [0.1, 0.15) is 5.60 Å². The van der Waals surface area contributed by atoms with Crippen LogP contribution in [0.3, 0.4) is 0 Å². The van der Waals surface area contributed by atoms with Crippen LogP contribution in [-0.2, 0) is 9.53 Å². The summed E-state index contributed by atoms with van der Waals surface area (Å²) in [5, 5.41) is 5.95. The van der Waals surface area contributed by atoms with E-state index in [4.69, 9.17) is 4.74 Å². The van der Waals surface area contributed by atoms with Gasteiger partial charge in [-0.3, -0.25) is 4.79 Å². The van der Waals surface area contributed by atoms with Gasteiger partial charge in [0.25, 0.3) is 0 Å². The van der Waals surface area contributed by atoms with Crippen molar-refractivity contribution in [1.82, 2.24) is 10.6 Å². The first-order valence-corrected chi connectivity index (χ1v) is 7.63. The Morgan fingerprint density at radius 2 is 1.40 bits per heavy atom. The van der Waals surface area contributed by atoms with Gasteiger partial charge in [-0.25, -0.2) is 4.79 Å². The average Bonchev–Trinajstić information content (AvgIpc) is 3.11. The smallest absolute Gasteiger partial charge is 0.407 e. The molecular formula is C15H26N2O3. The molecule has 2 fully saturated rings. The largest absolute Gasteiger partial charge is 0.444 e. The summed E-state index contributed by atoms with van der Waals surface area (Å²) in [6.45, 7) is 5.56.